The van der Waals surface area contributed by atoms with E-state index in [9.17, 15) is 8.42 Å². The second-order valence-corrected chi connectivity index (χ2v) is 7.00. The Morgan fingerprint density at radius 1 is 1.25 bits per heavy atom. The average molecular weight is 294 g/mol. The van der Waals surface area contributed by atoms with Gasteiger partial charge in [0, 0.05) is 13.1 Å². The molecule has 1 saturated heterocycles. The van der Waals surface area contributed by atoms with Crippen molar-refractivity contribution in [2.24, 2.45) is 0 Å². The van der Waals surface area contributed by atoms with Gasteiger partial charge in [-0.2, -0.15) is 9.57 Å². The Morgan fingerprint density at radius 2 is 1.80 bits per heavy atom. The third-order valence-electron chi connectivity index (χ3n) is 3.23. The lowest BCUT2D eigenvalue weighted by Crippen LogP contribution is -2.48. The number of rotatable bonds is 3. The number of nitrogens with zero attached hydrogens (tertiary/aromatic N) is 2. The zero-order valence-electron chi connectivity index (χ0n) is 11.6. The maximum atomic E-state index is 12.6. The molecule has 1 aromatic rings. The molecule has 1 aromatic carbocycles. The second-order valence-electron chi connectivity index (χ2n) is 5.06. The van der Waals surface area contributed by atoms with Crippen molar-refractivity contribution in [1.82, 2.24) is 4.31 Å². The van der Waals surface area contributed by atoms with Gasteiger partial charge in [-0.3, -0.25) is 0 Å². The standard InChI is InChI=1S/C14H18N2O3S/c1-11-9-16(10-12(2)19-11)20(17,18)14-5-3-13(4-6-14)7-8-15/h3-6,11-12H,7,9-10H2,1-2H3/t11-,12+. The molecule has 1 fully saturated rings. The fourth-order valence-electron chi connectivity index (χ4n) is 2.35. The highest BCUT2D eigenvalue weighted by Gasteiger charge is 2.31. The smallest absolute Gasteiger partial charge is 0.243 e. The molecule has 5 nitrogen and oxygen atoms in total. The molecule has 2 rings (SSSR count). The molecule has 1 aliphatic rings. The molecule has 20 heavy (non-hydrogen) atoms. The summed E-state index contributed by atoms with van der Waals surface area (Å²) in [6.07, 6.45) is 0.0733. The summed E-state index contributed by atoms with van der Waals surface area (Å²) in [7, 11) is -3.49. The molecule has 0 aliphatic carbocycles. The Morgan fingerprint density at radius 3 is 2.30 bits per heavy atom. The summed E-state index contributed by atoms with van der Waals surface area (Å²) in [6, 6.07) is 8.53. The predicted octanol–water partition coefficient (Wildman–Crippen LogP) is 1.55. The lowest BCUT2D eigenvalue weighted by atomic mass is 10.2. The van der Waals surface area contributed by atoms with Gasteiger partial charge in [-0.05, 0) is 31.5 Å². The van der Waals surface area contributed by atoms with E-state index in [0.29, 0.717) is 13.1 Å². The summed E-state index contributed by atoms with van der Waals surface area (Å²) in [4.78, 5) is 0.264. The van der Waals surface area contributed by atoms with Crippen molar-refractivity contribution in [1.29, 1.82) is 5.26 Å². The van der Waals surface area contributed by atoms with E-state index in [1.165, 1.54) is 4.31 Å². The van der Waals surface area contributed by atoms with Crippen LogP contribution in [0.3, 0.4) is 0 Å². The van der Waals surface area contributed by atoms with Crippen LogP contribution in [0.15, 0.2) is 29.2 Å². The number of hydrogen-bond donors (Lipinski definition) is 0. The van der Waals surface area contributed by atoms with Crippen molar-refractivity contribution >= 4 is 10.0 Å². The summed E-state index contributed by atoms with van der Waals surface area (Å²) < 4.78 is 32.1. The van der Waals surface area contributed by atoms with Crippen LogP contribution in [0.1, 0.15) is 19.4 Å². The molecule has 0 saturated carbocycles. The van der Waals surface area contributed by atoms with Gasteiger partial charge < -0.3 is 4.74 Å². The van der Waals surface area contributed by atoms with Crippen molar-refractivity contribution in [3.63, 3.8) is 0 Å². The topological polar surface area (TPSA) is 70.4 Å². The number of ether oxygens (including phenoxy) is 1. The van der Waals surface area contributed by atoms with Crippen molar-refractivity contribution < 1.29 is 13.2 Å². The van der Waals surface area contributed by atoms with E-state index in [1.807, 2.05) is 19.9 Å². The first-order valence-electron chi connectivity index (χ1n) is 6.55. The minimum atomic E-state index is -3.49. The Hall–Kier alpha value is -1.42. The monoisotopic (exact) mass is 294 g/mol. The van der Waals surface area contributed by atoms with Crippen LogP contribution in [-0.2, 0) is 21.2 Å². The highest BCUT2D eigenvalue weighted by Crippen LogP contribution is 2.21. The highest BCUT2D eigenvalue weighted by atomic mass is 32.2. The fourth-order valence-corrected chi connectivity index (χ4v) is 3.94. The van der Waals surface area contributed by atoms with Gasteiger partial charge >= 0.3 is 0 Å². The normalized spacial score (nSPS) is 24.2. The zero-order chi connectivity index (χ0) is 14.8. The third kappa shape index (κ3) is 3.18. The first-order chi connectivity index (χ1) is 9.43. The molecule has 108 valence electrons. The molecular weight excluding hydrogens is 276 g/mol. The van der Waals surface area contributed by atoms with E-state index in [4.69, 9.17) is 10.00 Å². The van der Waals surface area contributed by atoms with Crippen LogP contribution in [0.25, 0.3) is 0 Å². The molecule has 0 spiro atoms. The first-order valence-corrected chi connectivity index (χ1v) is 7.99. The van der Waals surface area contributed by atoms with E-state index in [2.05, 4.69) is 0 Å². The lowest BCUT2D eigenvalue weighted by molar-refractivity contribution is -0.0440. The summed E-state index contributed by atoms with van der Waals surface area (Å²) >= 11 is 0. The van der Waals surface area contributed by atoms with E-state index >= 15 is 0 Å². The molecule has 0 bridgehead atoms. The molecule has 1 aliphatic heterocycles. The maximum absolute atomic E-state index is 12.6. The number of morpholine rings is 1. The van der Waals surface area contributed by atoms with Gasteiger partial charge in [-0.25, -0.2) is 8.42 Å². The Balaban J connectivity index is 2.23. The average Bonchev–Trinajstić information content (AvgIpc) is 2.38. The molecule has 0 N–H and O–H groups in total. The van der Waals surface area contributed by atoms with Gasteiger partial charge in [-0.1, -0.05) is 12.1 Å². The number of hydrogen-bond acceptors (Lipinski definition) is 4. The quantitative estimate of drug-likeness (QED) is 0.848. The van der Waals surface area contributed by atoms with Gasteiger partial charge in [0.15, 0.2) is 0 Å². The number of sulfonamides is 1. The van der Waals surface area contributed by atoms with Crippen LogP contribution in [0, 0.1) is 11.3 Å². The summed E-state index contributed by atoms with van der Waals surface area (Å²) in [5, 5.41) is 8.62. The zero-order valence-corrected chi connectivity index (χ0v) is 12.4. The predicted molar refractivity (Wildman–Crippen MR) is 74.5 cm³/mol. The minimum absolute atomic E-state index is 0.105. The van der Waals surface area contributed by atoms with Gasteiger partial charge in [0.25, 0.3) is 0 Å². The van der Waals surface area contributed by atoms with E-state index in [0.717, 1.165) is 5.56 Å². The van der Waals surface area contributed by atoms with Crippen LogP contribution >= 0.6 is 0 Å². The molecule has 1 heterocycles. The van der Waals surface area contributed by atoms with Gasteiger partial charge in [0.2, 0.25) is 10.0 Å². The molecule has 0 amide bonds. The Labute approximate surface area is 119 Å². The van der Waals surface area contributed by atoms with E-state index < -0.39 is 10.0 Å². The lowest BCUT2D eigenvalue weighted by Gasteiger charge is -2.34. The molecule has 2 atom stereocenters. The molecule has 0 unspecified atom stereocenters. The van der Waals surface area contributed by atoms with Crippen molar-refractivity contribution in [2.75, 3.05) is 13.1 Å². The van der Waals surface area contributed by atoms with Gasteiger partial charge in [0.1, 0.15) is 0 Å². The summed E-state index contributed by atoms with van der Waals surface area (Å²) in [6.45, 7) is 4.47. The van der Waals surface area contributed by atoms with Crippen LogP contribution in [0.2, 0.25) is 0 Å². The van der Waals surface area contributed by atoms with Crippen LogP contribution < -0.4 is 0 Å². The van der Waals surface area contributed by atoms with Crippen molar-refractivity contribution in [3.05, 3.63) is 29.8 Å². The number of nitriles is 1. The SMILES string of the molecule is C[C@@H]1CN(S(=O)(=O)c2ccc(CC#N)cc2)C[C@H](C)O1. The summed E-state index contributed by atoms with van der Waals surface area (Å²) in [5.74, 6) is 0. The molecule has 6 heteroatoms. The highest BCUT2D eigenvalue weighted by molar-refractivity contribution is 7.89. The fraction of sp³-hybridized carbons (Fsp3) is 0.500. The minimum Gasteiger partial charge on any atom is -0.373 e. The van der Waals surface area contributed by atoms with Crippen molar-refractivity contribution in [3.8, 4) is 6.07 Å². The molecule has 0 aromatic heterocycles. The maximum Gasteiger partial charge on any atom is 0.243 e. The molecule has 0 radical (unpaired) electrons. The molecular formula is C14H18N2O3S. The van der Waals surface area contributed by atoms with Gasteiger partial charge in [0.05, 0.1) is 29.6 Å². The van der Waals surface area contributed by atoms with Crippen LogP contribution in [-0.4, -0.2) is 38.0 Å². The largest absolute Gasteiger partial charge is 0.373 e. The summed E-state index contributed by atoms with van der Waals surface area (Å²) in [5.41, 5.74) is 0.815. The third-order valence-corrected chi connectivity index (χ3v) is 5.08. The number of benzene rings is 1. The van der Waals surface area contributed by atoms with Gasteiger partial charge in [-0.15, -0.1) is 0 Å². The first kappa shape index (κ1) is 15.0. The van der Waals surface area contributed by atoms with E-state index in [1.54, 1.807) is 24.3 Å². The Bertz CT molecular complexity index is 594. The second kappa shape index (κ2) is 5.92. The van der Waals surface area contributed by atoms with Crippen molar-refractivity contribution in [2.45, 2.75) is 37.4 Å². The van der Waals surface area contributed by atoms with E-state index in [-0.39, 0.29) is 23.5 Å². The van der Waals surface area contributed by atoms with Crippen LogP contribution in [0.4, 0.5) is 0 Å². The van der Waals surface area contributed by atoms with Crippen LogP contribution in [0.5, 0.6) is 0 Å². The Kier molecular flexibility index (Phi) is 4.43.